The molecule has 0 saturated heterocycles. The number of benzene rings is 2. The molecule has 1 N–H and O–H groups in total. The predicted octanol–water partition coefficient (Wildman–Crippen LogP) is 4.15. The van der Waals surface area contributed by atoms with Crippen LogP contribution in [0.5, 0.6) is 5.75 Å². The second-order valence-electron chi connectivity index (χ2n) is 8.77. The van der Waals surface area contributed by atoms with E-state index < -0.39 is 28.5 Å². The fourth-order valence-corrected chi connectivity index (χ4v) is 4.86. The molecule has 10 heteroatoms. The third kappa shape index (κ3) is 7.61. The van der Waals surface area contributed by atoms with Gasteiger partial charge in [0.05, 0.1) is 19.1 Å². The normalized spacial score (nSPS) is 13.0. The highest BCUT2D eigenvalue weighted by atomic mass is 35.5. The van der Waals surface area contributed by atoms with E-state index in [4.69, 9.17) is 16.3 Å². The number of hydrogen-bond donors (Lipinski definition) is 1. The van der Waals surface area contributed by atoms with Crippen LogP contribution in [0.15, 0.2) is 42.5 Å². The second kappa shape index (κ2) is 13.0. The van der Waals surface area contributed by atoms with E-state index in [2.05, 4.69) is 5.32 Å². The first kappa shape index (κ1) is 29.5. The van der Waals surface area contributed by atoms with Crippen molar-refractivity contribution in [1.29, 1.82) is 0 Å². The molecule has 0 radical (unpaired) electrons. The van der Waals surface area contributed by atoms with Crippen LogP contribution < -0.4 is 14.4 Å². The molecule has 2 rings (SSSR count). The van der Waals surface area contributed by atoms with E-state index in [0.717, 1.165) is 22.5 Å². The third-order valence-corrected chi connectivity index (χ3v) is 7.60. The van der Waals surface area contributed by atoms with Crippen LogP contribution >= 0.6 is 11.6 Å². The van der Waals surface area contributed by atoms with Crippen LogP contribution in [-0.2, 0) is 26.2 Å². The van der Waals surface area contributed by atoms with Gasteiger partial charge in [0.2, 0.25) is 21.8 Å². The van der Waals surface area contributed by atoms with Crippen molar-refractivity contribution >= 4 is 39.1 Å². The monoisotopic (exact) mass is 537 g/mol. The van der Waals surface area contributed by atoms with Gasteiger partial charge in [-0.05, 0) is 62.1 Å². The average molecular weight is 538 g/mol. The molecule has 0 aliphatic carbocycles. The van der Waals surface area contributed by atoms with Gasteiger partial charge in [0, 0.05) is 17.6 Å². The molecular weight excluding hydrogens is 502 g/mol. The lowest BCUT2D eigenvalue weighted by Gasteiger charge is -2.33. The number of rotatable bonds is 12. The van der Waals surface area contributed by atoms with Crippen molar-refractivity contribution in [3.63, 3.8) is 0 Å². The first-order chi connectivity index (χ1) is 16.9. The summed E-state index contributed by atoms with van der Waals surface area (Å²) in [4.78, 5) is 28.4. The highest BCUT2D eigenvalue weighted by molar-refractivity contribution is 7.92. The average Bonchev–Trinajstić information content (AvgIpc) is 2.83. The SMILES string of the molecule is CC[C@H](C(=O)N[C@@H](C)CC)N(Cc1cccc(OC)c1)C(=O)CN(c1cccc(Cl)c1C)S(C)(=O)=O. The summed E-state index contributed by atoms with van der Waals surface area (Å²) in [5.74, 6) is -0.175. The van der Waals surface area contributed by atoms with Gasteiger partial charge in [0.15, 0.2) is 0 Å². The number of anilines is 1. The smallest absolute Gasteiger partial charge is 0.244 e. The molecule has 0 aliphatic heterocycles. The van der Waals surface area contributed by atoms with Crippen LogP contribution in [0.25, 0.3) is 0 Å². The van der Waals surface area contributed by atoms with E-state index in [0.29, 0.717) is 28.4 Å². The van der Waals surface area contributed by atoms with Crippen molar-refractivity contribution in [1.82, 2.24) is 10.2 Å². The molecule has 0 aliphatic rings. The minimum atomic E-state index is -3.84. The van der Waals surface area contributed by atoms with Crippen molar-refractivity contribution < 1.29 is 22.7 Å². The first-order valence-electron chi connectivity index (χ1n) is 11.9. The Bertz CT molecular complexity index is 1170. The number of ether oxygens (including phenoxy) is 1. The Morgan fingerprint density at radius 3 is 2.36 bits per heavy atom. The number of halogens is 1. The summed E-state index contributed by atoms with van der Waals surface area (Å²) in [5.41, 5.74) is 1.61. The van der Waals surface area contributed by atoms with Crippen LogP contribution in [0.3, 0.4) is 0 Å². The number of nitrogens with one attached hydrogen (secondary N) is 1. The summed E-state index contributed by atoms with van der Waals surface area (Å²) in [6.07, 6.45) is 2.13. The molecule has 0 bridgehead atoms. The third-order valence-electron chi connectivity index (χ3n) is 6.06. The van der Waals surface area contributed by atoms with Gasteiger partial charge in [-0.3, -0.25) is 13.9 Å². The molecule has 2 atom stereocenters. The van der Waals surface area contributed by atoms with E-state index in [-0.39, 0.29) is 18.5 Å². The lowest BCUT2D eigenvalue weighted by Crippen LogP contribution is -2.53. The molecule has 36 heavy (non-hydrogen) atoms. The molecule has 0 aromatic heterocycles. The molecule has 8 nitrogen and oxygen atoms in total. The van der Waals surface area contributed by atoms with Gasteiger partial charge >= 0.3 is 0 Å². The minimum Gasteiger partial charge on any atom is -0.497 e. The Hall–Kier alpha value is -2.78. The van der Waals surface area contributed by atoms with Gasteiger partial charge in [-0.15, -0.1) is 0 Å². The molecule has 2 amide bonds. The summed E-state index contributed by atoms with van der Waals surface area (Å²) in [5, 5.41) is 3.34. The molecule has 198 valence electrons. The summed E-state index contributed by atoms with van der Waals surface area (Å²) in [6, 6.07) is 11.2. The fraction of sp³-hybridized carbons (Fsp3) is 0.462. The molecule has 0 unspecified atom stereocenters. The number of carbonyl (C=O) groups is 2. The molecule has 2 aromatic rings. The number of amides is 2. The quantitative estimate of drug-likeness (QED) is 0.439. The summed E-state index contributed by atoms with van der Waals surface area (Å²) >= 11 is 6.24. The predicted molar refractivity (Wildman–Crippen MR) is 144 cm³/mol. The number of hydrogen-bond acceptors (Lipinski definition) is 5. The lowest BCUT2D eigenvalue weighted by atomic mass is 10.1. The fourth-order valence-electron chi connectivity index (χ4n) is 3.79. The van der Waals surface area contributed by atoms with E-state index >= 15 is 0 Å². The van der Waals surface area contributed by atoms with Gasteiger partial charge < -0.3 is 15.0 Å². The summed E-state index contributed by atoms with van der Waals surface area (Å²) < 4.78 is 31.9. The minimum absolute atomic E-state index is 0.0676. The van der Waals surface area contributed by atoms with Crippen LogP contribution in [0.1, 0.15) is 44.7 Å². The Morgan fingerprint density at radius 2 is 1.78 bits per heavy atom. The van der Waals surface area contributed by atoms with Gasteiger partial charge in [-0.2, -0.15) is 0 Å². The van der Waals surface area contributed by atoms with Crippen molar-refractivity contribution in [2.24, 2.45) is 0 Å². The maximum atomic E-state index is 13.8. The van der Waals surface area contributed by atoms with Crippen LogP contribution in [-0.4, -0.2) is 57.1 Å². The molecule has 0 fully saturated rings. The van der Waals surface area contributed by atoms with Crippen LogP contribution in [0.4, 0.5) is 5.69 Å². The van der Waals surface area contributed by atoms with Crippen molar-refractivity contribution in [3.05, 3.63) is 58.6 Å². The lowest BCUT2D eigenvalue weighted by molar-refractivity contribution is -0.140. The highest BCUT2D eigenvalue weighted by Gasteiger charge is 2.32. The Kier molecular flexibility index (Phi) is 10.6. The van der Waals surface area contributed by atoms with Gasteiger partial charge in [-0.25, -0.2) is 8.42 Å². The van der Waals surface area contributed by atoms with Crippen LogP contribution in [0.2, 0.25) is 5.02 Å². The van der Waals surface area contributed by atoms with Gasteiger partial charge in [0.25, 0.3) is 0 Å². The van der Waals surface area contributed by atoms with E-state index in [1.807, 2.05) is 26.8 Å². The zero-order valence-electron chi connectivity index (χ0n) is 21.7. The van der Waals surface area contributed by atoms with Crippen molar-refractivity contribution in [2.45, 2.75) is 59.2 Å². The summed E-state index contributed by atoms with van der Waals surface area (Å²) in [7, 11) is -2.29. The van der Waals surface area contributed by atoms with E-state index in [9.17, 15) is 18.0 Å². The maximum Gasteiger partial charge on any atom is 0.244 e. The number of carbonyl (C=O) groups excluding carboxylic acids is 2. The molecule has 0 saturated carbocycles. The first-order valence-corrected chi connectivity index (χ1v) is 14.1. The van der Waals surface area contributed by atoms with Gasteiger partial charge in [0.1, 0.15) is 18.3 Å². The number of sulfonamides is 1. The molecule has 2 aromatic carbocycles. The largest absolute Gasteiger partial charge is 0.497 e. The van der Waals surface area contributed by atoms with E-state index in [1.165, 1.54) is 4.90 Å². The van der Waals surface area contributed by atoms with Crippen LogP contribution in [0, 0.1) is 6.92 Å². The van der Waals surface area contributed by atoms with E-state index in [1.54, 1.807) is 50.4 Å². The molecular formula is C26H36ClN3O5S. The summed E-state index contributed by atoms with van der Waals surface area (Å²) in [6.45, 7) is 7.01. The Balaban J connectivity index is 2.50. The highest BCUT2D eigenvalue weighted by Crippen LogP contribution is 2.28. The topological polar surface area (TPSA) is 96.0 Å². The zero-order chi connectivity index (χ0) is 27.0. The number of nitrogens with zero attached hydrogens (tertiary/aromatic N) is 2. The van der Waals surface area contributed by atoms with Crippen molar-refractivity contribution in [3.8, 4) is 5.75 Å². The zero-order valence-corrected chi connectivity index (χ0v) is 23.3. The number of methoxy groups -OCH3 is 1. The molecule has 0 spiro atoms. The Labute approximate surface area is 219 Å². The molecule has 0 heterocycles. The van der Waals surface area contributed by atoms with Gasteiger partial charge in [-0.1, -0.05) is 43.6 Å². The maximum absolute atomic E-state index is 13.8. The second-order valence-corrected chi connectivity index (χ2v) is 11.1. The standard InChI is InChI=1S/C26H36ClN3O5S/c1-7-18(3)28-26(32)23(8-2)29(16-20-11-9-12-21(15-20)35-5)25(31)17-30(36(6,33)34)24-14-10-13-22(27)19(24)4/h9-15,18,23H,7-8,16-17H2,1-6H3,(H,28,32)/t18-,23+/m0/s1. The Morgan fingerprint density at radius 1 is 1.11 bits per heavy atom. The van der Waals surface area contributed by atoms with Crippen molar-refractivity contribution in [2.75, 3.05) is 24.2 Å².